The summed E-state index contributed by atoms with van der Waals surface area (Å²) < 4.78 is 20.8. The molecule has 5 rings (SSSR count). The molecular weight excluding hydrogens is 515 g/mol. The smallest absolute Gasteiger partial charge is 0.226 e. The molecule has 0 spiro atoms. The molecular formula is C31H36ClFN4O2. The van der Waals surface area contributed by atoms with Crippen LogP contribution in [0.4, 0.5) is 10.2 Å². The highest BCUT2D eigenvalue weighted by Gasteiger charge is 2.28. The minimum atomic E-state index is -0.662. The molecule has 2 aromatic carbocycles. The number of aryl methyl sites for hydroxylation is 1. The van der Waals surface area contributed by atoms with Crippen molar-refractivity contribution in [1.82, 2.24) is 14.8 Å². The van der Waals surface area contributed by atoms with Gasteiger partial charge in [0.15, 0.2) is 11.6 Å². The number of benzene rings is 2. The number of anilines is 1. The van der Waals surface area contributed by atoms with Crippen molar-refractivity contribution < 1.29 is 13.9 Å². The maximum absolute atomic E-state index is 14.7. The van der Waals surface area contributed by atoms with Crippen LogP contribution in [-0.4, -0.2) is 52.9 Å². The molecule has 0 bridgehead atoms. The maximum Gasteiger partial charge on any atom is 0.226 e. The zero-order chi connectivity index (χ0) is 27.5. The van der Waals surface area contributed by atoms with Crippen molar-refractivity contribution in [3.05, 3.63) is 76.2 Å². The van der Waals surface area contributed by atoms with Crippen LogP contribution in [0.3, 0.4) is 0 Å². The van der Waals surface area contributed by atoms with Crippen LogP contribution in [0.2, 0.25) is 5.02 Å². The van der Waals surface area contributed by atoms with Gasteiger partial charge < -0.3 is 20.3 Å². The summed E-state index contributed by atoms with van der Waals surface area (Å²) >= 11 is 6.27. The molecule has 1 amide bonds. The van der Waals surface area contributed by atoms with Gasteiger partial charge in [-0.05, 0) is 81.4 Å². The van der Waals surface area contributed by atoms with Gasteiger partial charge in [0.1, 0.15) is 11.9 Å². The van der Waals surface area contributed by atoms with Crippen molar-refractivity contribution in [1.29, 1.82) is 0 Å². The third-order valence-electron chi connectivity index (χ3n) is 8.03. The summed E-state index contributed by atoms with van der Waals surface area (Å²) in [6, 6.07) is 13.6. The number of carbonyl (C=O) groups is 1. The van der Waals surface area contributed by atoms with E-state index < -0.39 is 11.9 Å². The standard InChI is InChI=1S/C31H36ClFN4O2/c1-20-5-10-26(32)29(30(20)33)21(2)39-27-18-24(19-35-31(27)34)23-8-6-22(7-9-23)17-28(38)37-15-11-25(12-16-37)36-13-3-4-14-36/h5-10,18-19,21,25H,3-4,11-17H2,1-2H3,(H2,34,35). The van der Waals surface area contributed by atoms with Crippen LogP contribution >= 0.6 is 11.6 Å². The Kier molecular flexibility index (Phi) is 8.38. The molecule has 0 radical (unpaired) electrons. The predicted molar refractivity (Wildman–Crippen MR) is 153 cm³/mol. The van der Waals surface area contributed by atoms with Crippen LogP contribution < -0.4 is 10.5 Å². The summed E-state index contributed by atoms with van der Waals surface area (Å²) in [4.78, 5) is 21.9. The number of hydrogen-bond donors (Lipinski definition) is 1. The molecule has 8 heteroatoms. The van der Waals surface area contributed by atoms with Crippen LogP contribution in [0.25, 0.3) is 11.1 Å². The number of likely N-dealkylation sites (tertiary alicyclic amines) is 2. The van der Waals surface area contributed by atoms with E-state index in [2.05, 4.69) is 9.88 Å². The second kappa shape index (κ2) is 11.9. The Bertz CT molecular complexity index is 1320. The van der Waals surface area contributed by atoms with E-state index in [0.29, 0.717) is 28.8 Å². The van der Waals surface area contributed by atoms with Crippen LogP contribution in [0.15, 0.2) is 48.7 Å². The first kappa shape index (κ1) is 27.4. The van der Waals surface area contributed by atoms with Gasteiger partial charge in [-0.15, -0.1) is 0 Å². The Morgan fingerprint density at radius 2 is 1.79 bits per heavy atom. The van der Waals surface area contributed by atoms with Gasteiger partial charge in [0, 0.05) is 36.5 Å². The van der Waals surface area contributed by atoms with Crippen molar-refractivity contribution in [3.63, 3.8) is 0 Å². The number of nitrogens with two attached hydrogens (primary N) is 1. The number of nitrogen functional groups attached to an aromatic ring is 1. The summed E-state index contributed by atoms with van der Waals surface area (Å²) in [6.45, 7) is 7.52. The number of carbonyl (C=O) groups excluding carboxylic acids is 1. The molecule has 2 aliphatic heterocycles. The number of pyridine rings is 1. The fraction of sp³-hybridized carbons (Fsp3) is 0.419. The fourth-order valence-electron chi connectivity index (χ4n) is 5.70. The van der Waals surface area contributed by atoms with Gasteiger partial charge in [-0.3, -0.25) is 4.79 Å². The SMILES string of the molecule is Cc1ccc(Cl)c(C(C)Oc2cc(-c3ccc(CC(=O)N4CCC(N5CCCC5)CC4)cc3)cnc2N)c1F. The zero-order valence-electron chi connectivity index (χ0n) is 22.6. The molecule has 1 aromatic heterocycles. The van der Waals surface area contributed by atoms with Gasteiger partial charge in [-0.25, -0.2) is 9.37 Å². The molecule has 1 unspecified atom stereocenters. The average molecular weight is 551 g/mol. The summed E-state index contributed by atoms with van der Waals surface area (Å²) in [6.07, 6.45) is 6.15. The number of halogens is 2. The molecule has 0 aliphatic carbocycles. The first-order valence-electron chi connectivity index (χ1n) is 13.8. The molecule has 2 fully saturated rings. The lowest BCUT2D eigenvalue weighted by molar-refractivity contribution is -0.132. The summed E-state index contributed by atoms with van der Waals surface area (Å²) in [5.74, 6) is 0.362. The molecule has 2 aliphatic rings. The molecule has 0 saturated carbocycles. The summed E-state index contributed by atoms with van der Waals surface area (Å²) in [5.41, 5.74) is 9.57. The second-order valence-electron chi connectivity index (χ2n) is 10.7. The molecule has 1 atom stereocenters. The maximum atomic E-state index is 14.7. The molecule has 3 aromatic rings. The lowest BCUT2D eigenvalue weighted by Gasteiger charge is -2.36. The predicted octanol–water partition coefficient (Wildman–Crippen LogP) is 6.20. The van der Waals surface area contributed by atoms with Crippen LogP contribution in [0.1, 0.15) is 55.4 Å². The molecule has 3 heterocycles. The van der Waals surface area contributed by atoms with Gasteiger partial charge >= 0.3 is 0 Å². The lowest BCUT2D eigenvalue weighted by atomic mass is 10.0. The molecule has 2 N–H and O–H groups in total. The van der Waals surface area contributed by atoms with Crippen LogP contribution in [0, 0.1) is 12.7 Å². The Hall–Kier alpha value is -3.16. The highest BCUT2D eigenvalue weighted by molar-refractivity contribution is 6.31. The normalized spacial score (nSPS) is 17.4. The van der Waals surface area contributed by atoms with Crippen molar-refractivity contribution in [2.24, 2.45) is 0 Å². The first-order chi connectivity index (χ1) is 18.8. The van der Waals surface area contributed by atoms with E-state index >= 15 is 0 Å². The highest BCUT2D eigenvalue weighted by Crippen LogP contribution is 2.34. The minimum Gasteiger partial charge on any atom is -0.482 e. The van der Waals surface area contributed by atoms with Gasteiger partial charge in [0.25, 0.3) is 0 Å². The van der Waals surface area contributed by atoms with E-state index in [0.717, 1.165) is 42.6 Å². The third-order valence-corrected chi connectivity index (χ3v) is 8.36. The van der Waals surface area contributed by atoms with Gasteiger partial charge in [-0.2, -0.15) is 0 Å². The second-order valence-corrected chi connectivity index (χ2v) is 11.1. The number of piperidine rings is 1. The number of nitrogens with zero attached hydrogens (tertiary/aromatic N) is 3. The fourth-order valence-corrected chi connectivity index (χ4v) is 6.00. The van der Waals surface area contributed by atoms with Crippen molar-refractivity contribution in [2.45, 2.75) is 58.1 Å². The van der Waals surface area contributed by atoms with Crippen molar-refractivity contribution in [2.75, 3.05) is 31.9 Å². The molecule has 206 valence electrons. The van der Waals surface area contributed by atoms with E-state index in [-0.39, 0.29) is 17.3 Å². The Morgan fingerprint density at radius 1 is 1.10 bits per heavy atom. The number of amides is 1. The van der Waals surface area contributed by atoms with Crippen molar-refractivity contribution >= 4 is 23.3 Å². The lowest BCUT2D eigenvalue weighted by Crippen LogP contribution is -2.46. The largest absolute Gasteiger partial charge is 0.482 e. The van der Waals surface area contributed by atoms with Crippen molar-refractivity contribution in [3.8, 4) is 16.9 Å². The Labute approximate surface area is 234 Å². The zero-order valence-corrected chi connectivity index (χ0v) is 23.4. The number of ether oxygens (including phenoxy) is 1. The Balaban J connectivity index is 1.22. The Morgan fingerprint density at radius 3 is 2.49 bits per heavy atom. The third kappa shape index (κ3) is 6.20. The monoisotopic (exact) mass is 550 g/mol. The molecule has 6 nitrogen and oxygen atoms in total. The van der Waals surface area contributed by atoms with E-state index in [1.165, 1.54) is 25.9 Å². The van der Waals surface area contributed by atoms with E-state index in [4.69, 9.17) is 22.1 Å². The number of aromatic nitrogens is 1. The molecule has 39 heavy (non-hydrogen) atoms. The first-order valence-corrected chi connectivity index (χ1v) is 14.2. The number of rotatable bonds is 7. The van der Waals surface area contributed by atoms with Gasteiger partial charge in [-0.1, -0.05) is 41.9 Å². The van der Waals surface area contributed by atoms with Gasteiger partial charge in [0.05, 0.1) is 11.4 Å². The van der Waals surface area contributed by atoms with Gasteiger partial charge in [0.2, 0.25) is 5.91 Å². The van der Waals surface area contributed by atoms with Crippen LogP contribution in [0.5, 0.6) is 5.75 Å². The molecule has 2 saturated heterocycles. The van der Waals surface area contributed by atoms with E-state index in [9.17, 15) is 9.18 Å². The van der Waals surface area contributed by atoms with E-state index in [1.54, 1.807) is 38.2 Å². The topological polar surface area (TPSA) is 71.7 Å². The minimum absolute atomic E-state index is 0.184. The quantitative estimate of drug-likeness (QED) is 0.379. The average Bonchev–Trinajstić information content (AvgIpc) is 3.48. The van der Waals surface area contributed by atoms with Crippen LogP contribution in [-0.2, 0) is 11.2 Å². The summed E-state index contributed by atoms with van der Waals surface area (Å²) in [7, 11) is 0. The summed E-state index contributed by atoms with van der Waals surface area (Å²) in [5, 5.41) is 0.300. The number of hydrogen-bond acceptors (Lipinski definition) is 5. The highest BCUT2D eigenvalue weighted by atomic mass is 35.5. The van der Waals surface area contributed by atoms with E-state index in [1.807, 2.05) is 29.2 Å².